The van der Waals surface area contributed by atoms with Gasteiger partial charge in [-0.3, -0.25) is 4.79 Å². The summed E-state index contributed by atoms with van der Waals surface area (Å²) in [6.07, 6.45) is 4.77. The van der Waals surface area contributed by atoms with Crippen LogP contribution in [0.1, 0.15) is 37.7 Å². The molecular formula is C19H27FN2O2. The molecule has 2 aliphatic rings. The highest BCUT2D eigenvalue weighted by Crippen LogP contribution is 2.40. The second-order valence-electron chi connectivity index (χ2n) is 7.02. The maximum Gasteiger partial charge on any atom is 0.223 e. The molecule has 2 fully saturated rings. The number of amides is 1. The lowest BCUT2D eigenvalue weighted by Crippen LogP contribution is -2.46. The van der Waals surface area contributed by atoms with E-state index in [1.54, 1.807) is 19.2 Å². The molecule has 0 saturated carbocycles. The van der Waals surface area contributed by atoms with Crippen molar-refractivity contribution in [1.29, 1.82) is 0 Å². The predicted molar refractivity (Wildman–Crippen MR) is 91.1 cm³/mol. The molecular weight excluding hydrogens is 307 g/mol. The first kappa shape index (κ1) is 17.4. The van der Waals surface area contributed by atoms with Gasteiger partial charge in [0.05, 0.1) is 6.61 Å². The molecule has 0 aromatic heterocycles. The quantitative estimate of drug-likeness (QED) is 0.830. The number of hydrogen-bond donors (Lipinski definition) is 0. The fourth-order valence-electron chi connectivity index (χ4n) is 4.10. The molecule has 3 rings (SSSR count). The van der Waals surface area contributed by atoms with Gasteiger partial charge in [0.25, 0.3) is 0 Å². The van der Waals surface area contributed by atoms with Crippen LogP contribution in [-0.4, -0.2) is 54.6 Å². The number of hydrogen-bond acceptors (Lipinski definition) is 3. The minimum Gasteiger partial charge on any atom is -0.383 e. The number of nitrogens with zero attached hydrogens (tertiary/aromatic N) is 2. The number of carbonyl (C=O) groups is 1. The molecule has 0 unspecified atom stereocenters. The third-order valence-corrected chi connectivity index (χ3v) is 5.55. The van der Waals surface area contributed by atoms with Crippen molar-refractivity contribution in [2.24, 2.45) is 0 Å². The van der Waals surface area contributed by atoms with Gasteiger partial charge in [0.1, 0.15) is 5.82 Å². The van der Waals surface area contributed by atoms with E-state index in [0.717, 1.165) is 57.5 Å². The number of rotatable bonds is 5. The molecule has 0 aliphatic carbocycles. The smallest absolute Gasteiger partial charge is 0.223 e. The molecule has 1 aromatic carbocycles. The Bertz CT molecular complexity index is 563. The fourth-order valence-corrected chi connectivity index (χ4v) is 4.10. The average Bonchev–Trinajstić information content (AvgIpc) is 2.76. The fraction of sp³-hybridized carbons (Fsp3) is 0.632. The monoisotopic (exact) mass is 334 g/mol. The third kappa shape index (κ3) is 3.78. The topological polar surface area (TPSA) is 32.8 Å². The minimum absolute atomic E-state index is 0.0205. The van der Waals surface area contributed by atoms with Gasteiger partial charge < -0.3 is 14.5 Å². The van der Waals surface area contributed by atoms with Crippen LogP contribution in [0.4, 0.5) is 4.39 Å². The number of methoxy groups -OCH3 is 1. The van der Waals surface area contributed by atoms with Gasteiger partial charge in [0, 0.05) is 38.7 Å². The highest BCUT2D eigenvalue weighted by molar-refractivity contribution is 5.79. The van der Waals surface area contributed by atoms with E-state index in [9.17, 15) is 9.18 Å². The zero-order valence-corrected chi connectivity index (χ0v) is 14.5. The highest BCUT2D eigenvalue weighted by atomic mass is 19.1. The Balaban J connectivity index is 1.70. The summed E-state index contributed by atoms with van der Waals surface area (Å²) in [4.78, 5) is 17.0. The van der Waals surface area contributed by atoms with Crippen LogP contribution in [0.3, 0.4) is 0 Å². The minimum atomic E-state index is -0.232. The Kier molecular flexibility index (Phi) is 5.51. The van der Waals surface area contributed by atoms with Crippen LogP contribution in [0.5, 0.6) is 0 Å². The van der Waals surface area contributed by atoms with Crippen molar-refractivity contribution >= 4 is 5.91 Å². The average molecular weight is 334 g/mol. The molecule has 1 amide bonds. The molecule has 0 N–H and O–H groups in total. The molecule has 2 heterocycles. The van der Waals surface area contributed by atoms with E-state index in [1.807, 2.05) is 0 Å². The van der Waals surface area contributed by atoms with Gasteiger partial charge in [0.2, 0.25) is 5.91 Å². The Morgan fingerprint density at radius 1 is 1.17 bits per heavy atom. The summed E-state index contributed by atoms with van der Waals surface area (Å²) < 4.78 is 18.3. The van der Waals surface area contributed by atoms with E-state index in [-0.39, 0.29) is 17.3 Å². The Morgan fingerprint density at radius 3 is 2.71 bits per heavy atom. The summed E-state index contributed by atoms with van der Waals surface area (Å²) in [6.45, 7) is 4.39. The van der Waals surface area contributed by atoms with Gasteiger partial charge >= 0.3 is 0 Å². The van der Waals surface area contributed by atoms with E-state index in [4.69, 9.17) is 4.74 Å². The van der Waals surface area contributed by atoms with Gasteiger partial charge in [0.15, 0.2) is 0 Å². The molecule has 24 heavy (non-hydrogen) atoms. The lowest BCUT2D eigenvalue weighted by molar-refractivity contribution is -0.132. The molecule has 0 bridgehead atoms. The van der Waals surface area contributed by atoms with Crippen molar-refractivity contribution in [3.8, 4) is 0 Å². The Labute approximate surface area is 143 Å². The first-order valence-corrected chi connectivity index (χ1v) is 8.89. The summed E-state index contributed by atoms with van der Waals surface area (Å²) in [6, 6.07) is 6.52. The molecule has 1 spiro atoms. The van der Waals surface area contributed by atoms with Crippen LogP contribution >= 0.6 is 0 Å². The highest BCUT2D eigenvalue weighted by Gasteiger charge is 2.45. The van der Waals surface area contributed by atoms with Crippen LogP contribution in [0.2, 0.25) is 0 Å². The van der Waals surface area contributed by atoms with Crippen molar-refractivity contribution in [1.82, 2.24) is 9.80 Å². The number of carbonyl (C=O) groups excluding carboxylic acids is 1. The van der Waals surface area contributed by atoms with E-state index >= 15 is 0 Å². The number of likely N-dealkylation sites (tertiary alicyclic amines) is 2. The van der Waals surface area contributed by atoms with Gasteiger partial charge in [-0.2, -0.15) is 0 Å². The van der Waals surface area contributed by atoms with Gasteiger partial charge in [-0.25, -0.2) is 4.39 Å². The van der Waals surface area contributed by atoms with Crippen LogP contribution in [0.15, 0.2) is 24.3 Å². The van der Waals surface area contributed by atoms with E-state index in [2.05, 4.69) is 9.80 Å². The zero-order valence-electron chi connectivity index (χ0n) is 14.5. The van der Waals surface area contributed by atoms with Crippen molar-refractivity contribution in [3.63, 3.8) is 0 Å². The predicted octanol–water partition coefficient (Wildman–Crippen LogP) is 2.82. The first-order valence-electron chi connectivity index (χ1n) is 8.89. The molecule has 4 nitrogen and oxygen atoms in total. The summed E-state index contributed by atoms with van der Waals surface area (Å²) >= 11 is 0. The van der Waals surface area contributed by atoms with Crippen LogP contribution in [0, 0.1) is 5.82 Å². The molecule has 1 aromatic rings. The van der Waals surface area contributed by atoms with Crippen molar-refractivity contribution in [3.05, 3.63) is 35.6 Å². The number of benzene rings is 1. The summed E-state index contributed by atoms with van der Waals surface area (Å²) in [7, 11) is 1.74. The maximum atomic E-state index is 13.1. The standard InChI is InChI=1S/C19H27FN2O2/c1-24-14-13-21-11-2-8-19(10-12-21)9-7-18(23)22(19)15-16-3-5-17(20)6-4-16/h3-6H,2,7-15H2,1H3/t19-/m1/s1. The molecule has 5 heteroatoms. The largest absolute Gasteiger partial charge is 0.383 e. The van der Waals surface area contributed by atoms with Crippen LogP contribution < -0.4 is 0 Å². The lowest BCUT2D eigenvalue weighted by atomic mass is 9.87. The second-order valence-corrected chi connectivity index (χ2v) is 7.02. The summed E-state index contributed by atoms with van der Waals surface area (Å²) in [5.41, 5.74) is 0.985. The normalized spacial score (nSPS) is 25.4. The van der Waals surface area contributed by atoms with Crippen molar-refractivity contribution in [2.45, 2.75) is 44.2 Å². The molecule has 1 atom stereocenters. The second kappa shape index (κ2) is 7.62. The van der Waals surface area contributed by atoms with Gasteiger partial charge in [-0.05, 0) is 49.9 Å². The summed E-state index contributed by atoms with van der Waals surface area (Å²) in [5, 5.41) is 0. The molecule has 0 radical (unpaired) electrons. The SMILES string of the molecule is COCCN1CCC[C@@]2(CCC(=O)N2Cc2ccc(F)cc2)CC1. The van der Waals surface area contributed by atoms with Crippen LogP contribution in [-0.2, 0) is 16.1 Å². The first-order chi connectivity index (χ1) is 11.6. The van der Waals surface area contributed by atoms with Gasteiger partial charge in [-0.15, -0.1) is 0 Å². The number of halogens is 1. The third-order valence-electron chi connectivity index (χ3n) is 5.55. The molecule has 2 aliphatic heterocycles. The van der Waals surface area contributed by atoms with Gasteiger partial charge in [-0.1, -0.05) is 12.1 Å². The number of ether oxygens (including phenoxy) is 1. The Hall–Kier alpha value is -1.46. The van der Waals surface area contributed by atoms with Crippen molar-refractivity contribution in [2.75, 3.05) is 33.4 Å². The van der Waals surface area contributed by atoms with Crippen molar-refractivity contribution < 1.29 is 13.9 Å². The summed E-state index contributed by atoms with van der Waals surface area (Å²) in [5.74, 6) is 0.00845. The van der Waals surface area contributed by atoms with Crippen LogP contribution in [0.25, 0.3) is 0 Å². The zero-order chi connectivity index (χ0) is 17.0. The van der Waals surface area contributed by atoms with E-state index in [1.165, 1.54) is 12.1 Å². The lowest BCUT2D eigenvalue weighted by Gasteiger charge is -2.38. The molecule has 2 saturated heterocycles. The maximum absolute atomic E-state index is 13.1. The van der Waals surface area contributed by atoms with E-state index in [0.29, 0.717) is 13.0 Å². The Morgan fingerprint density at radius 2 is 1.96 bits per heavy atom. The molecule has 132 valence electrons. The van der Waals surface area contributed by atoms with E-state index < -0.39 is 0 Å².